The highest BCUT2D eigenvalue weighted by molar-refractivity contribution is 5.97. The van der Waals surface area contributed by atoms with Crippen molar-refractivity contribution < 1.29 is 9.59 Å². The first-order chi connectivity index (χ1) is 15.1. The molecule has 2 N–H and O–H groups in total. The molecule has 0 atom stereocenters. The number of nitrogens with one attached hydrogen (secondary N) is 2. The fourth-order valence-corrected chi connectivity index (χ4v) is 3.88. The second-order valence-corrected chi connectivity index (χ2v) is 7.77. The molecule has 0 fully saturated rings. The van der Waals surface area contributed by atoms with Crippen LogP contribution in [0.5, 0.6) is 0 Å². The molecule has 2 heterocycles. The van der Waals surface area contributed by atoms with Gasteiger partial charge in [-0.3, -0.25) is 14.6 Å². The van der Waals surface area contributed by atoms with E-state index in [9.17, 15) is 9.59 Å². The summed E-state index contributed by atoms with van der Waals surface area (Å²) in [4.78, 5) is 31.1. The molecule has 0 aliphatic carbocycles. The lowest BCUT2D eigenvalue weighted by atomic mass is 9.99. The van der Waals surface area contributed by atoms with Crippen LogP contribution in [0.2, 0.25) is 0 Å². The topological polar surface area (TPSA) is 74.3 Å². The molecule has 0 saturated carbocycles. The van der Waals surface area contributed by atoms with Gasteiger partial charge in [-0.25, -0.2) is 0 Å². The van der Waals surface area contributed by atoms with Crippen molar-refractivity contribution in [2.75, 3.05) is 11.9 Å². The normalized spacial score (nSPS) is 12.9. The van der Waals surface area contributed by atoms with Crippen LogP contribution in [0.25, 0.3) is 0 Å². The van der Waals surface area contributed by atoms with Gasteiger partial charge in [-0.2, -0.15) is 0 Å². The molecule has 6 nitrogen and oxygen atoms in total. The Morgan fingerprint density at radius 3 is 2.58 bits per heavy atom. The van der Waals surface area contributed by atoms with E-state index in [4.69, 9.17) is 0 Å². The summed E-state index contributed by atoms with van der Waals surface area (Å²) in [5.74, 6) is -0.184. The van der Waals surface area contributed by atoms with E-state index >= 15 is 0 Å². The van der Waals surface area contributed by atoms with E-state index in [1.165, 1.54) is 18.1 Å². The standard InChI is InChI=1S/C25H26N4O2/c1-18(30)28-24-13-19(15-26-16-23-8-4-5-10-27-23)12-22(14-24)25(31)29-11-9-20-6-2-3-7-21(20)17-29/h2-8,10,12-14,26H,9,11,15-17H2,1H3,(H,28,30). The number of amides is 2. The van der Waals surface area contributed by atoms with Gasteiger partial charge in [0.1, 0.15) is 0 Å². The van der Waals surface area contributed by atoms with E-state index in [0.29, 0.717) is 37.4 Å². The van der Waals surface area contributed by atoms with E-state index in [2.05, 4.69) is 27.8 Å². The zero-order valence-corrected chi connectivity index (χ0v) is 17.6. The molecular weight excluding hydrogens is 388 g/mol. The highest BCUT2D eigenvalue weighted by Crippen LogP contribution is 2.22. The molecule has 0 radical (unpaired) electrons. The molecular formula is C25H26N4O2. The second-order valence-electron chi connectivity index (χ2n) is 7.77. The highest BCUT2D eigenvalue weighted by Gasteiger charge is 2.22. The van der Waals surface area contributed by atoms with Gasteiger partial charge >= 0.3 is 0 Å². The lowest BCUT2D eigenvalue weighted by Crippen LogP contribution is -2.36. The smallest absolute Gasteiger partial charge is 0.254 e. The van der Waals surface area contributed by atoms with Crippen LogP contribution < -0.4 is 10.6 Å². The number of nitrogens with zero attached hydrogens (tertiary/aromatic N) is 2. The van der Waals surface area contributed by atoms with Crippen LogP contribution in [0.1, 0.15) is 39.7 Å². The summed E-state index contributed by atoms with van der Waals surface area (Å²) in [7, 11) is 0. The molecule has 0 spiro atoms. The van der Waals surface area contributed by atoms with Crippen molar-refractivity contribution in [1.29, 1.82) is 0 Å². The van der Waals surface area contributed by atoms with Gasteiger partial charge in [-0.1, -0.05) is 30.3 Å². The second kappa shape index (κ2) is 9.53. The zero-order chi connectivity index (χ0) is 21.6. The molecule has 158 valence electrons. The molecule has 0 saturated heterocycles. The van der Waals surface area contributed by atoms with Crippen LogP contribution in [0.3, 0.4) is 0 Å². The highest BCUT2D eigenvalue weighted by atomic mass is 16.2. The van der Waals surface area contributed by atoms with Gasteiger partial charge in [0.2, 0.25) is 5.91 Å². The molecule has 1 aliphatic rings. The monoisotopic (exact) mass is 414 g/mol. The summed E-state index contributed by atoms with van der Waals surface area (Å²) < 4.78 is 0. The first kappa shape index (κ1) is 20.8. The molecule has 0 unspecified atom stereocenters. The van der Waals surface area contributed by atoms with E-state index < -0.39 is 0 Å². The van der Waals surface area contributed by atoms with Crippen LogP contribution in [-0.2, 0) is 30.8 Å². The van der Waals surface area contributed by atoms with Crippen LogP contribution >= 0.6 is 0 Å². The third-order valence-electron chi connectivity index (χ3n) is 5.34. The number of carbonyl (C=O) groups excluding carboxylic acids is 2. The van der Waals surface area contributed by atoms with Gasteiger partial charge in [0.05, 0.1) is 5.69 Å². The van der Waals surface area contributed by atoms with Crippen molar-refractivity contribution >= 4 is 17.5 Å². The molecule has 1 aromatic heterocycles. The first-order valence-corrected chi connectivity index (χ1v) is 10.5. The van der Waals surface area contributed by atoms with Crippen molar-refractivity contribution in [2.24, 2.45) is 0 Å². The average Bonchev–Trinajstić information content (AvgIpc) is 2.78. The van der Waals surface area contributed by atoms with Crippen LogP contribution in [0.4, 0.5) is 5.69 Å². The van der Waals surface area contributed by atoms with Gasteiger partial charge < -0.3 is 15.5 Å². The Kier molecular flexibility index (Phi) is 6.38. The number of hydrogen-bond donors (Lipinski definition) is 2. The number of benzene rings is 2. The molecule has 2 aromatic carbocycles. The fourth-order valence-electron chi connectivity index (χ4n) is 3.88. The number of carbonyl (C=O) groups is 2. The maximum atomic E-state index is 13.3. The van der Waals surface area contributed by atoms with Gasteiger partial charge in [0.25, 0.3) is 5.91 Å². The van der Waals surface area contributed by atoms with Crippen LogP contribution in [0.15, 0.2) is 66.9 Å². The maximum Gasteiger partial charge on any atom is 0.254 e. The summed E-state index contributed by atoms with van der Waals surface area (Å²) in [6.07, 6.45) is 2.62. The van der Waals surface area contributed by atoms with Crippen molar-refractivity contribution in [2.45, 2.75) is 33.0 Å². The van der Waals surface area contributed by atoms with Crippen molar-refractivity contribution in [3.05, 3.63) is 94.8 Å². The maximum absolute atomic E-state index is 13.3. The zero-order valence-electron chi connectivity index (χ0n) is 17.6. The lowest BCUT2D eigenvalue weighted by molar-refractivity contribution is -0.114. The summed E-state index contributed by atoms with van der Waals surface area (Å²) in [6, 6.07) is 19.6. The van der Waals surface area contributed by atoms with E-state index in [1.807, 2.05) is 47.4 Å². The Balaban J connectivity index is 1.51. The van der Waals surface area contributed by atoms with Gasteiger partial charge in [0, 0.05) is 50.6 Å². The summed E-state index contributed by atoms with van der Waals surface area (Å²) in [5.41, 5.74) is 5.59. The minimum Gasteiger partial charge on any atom is -0.334 e. The number of aromatic nitrogens is 1. The van der Waals surface area contributed by atoms with Crippen LogP contribution in [-0.4, -0.2) is 28.2 Å². The Morgan fingerprint density at radius 1 is 1.00 bits per heavy atom. The largest absolute Gasteiger partial charge is 0.334 e. The molecule has 6 heteroatoms. The van der Waals surface area contributed by atoms with E-state index in [-0.39, 0.29) is 11.8 Å². The number of anilines is 1. The Bertz CT molecular complexity index is 1080. The Hall–Kier alpha value is -3.51. The molecule has 31 heavy (non-hydrogen) atoms. The minimum atomic E-state index is -0.163. The number of rotatable bonds is 6. The fraction of sp³-hybridized carbons (Fsp3) is 0.240. The SMILES string of the molecule is CC(=O)Nc1cc(CNCc2ccccn2)cc(C(=O)N2CCc3ccccc3C2)c1. The predicted octanol–water partition coefficient (Wildman–Crippen LogP) is 3.53. The van der Waals surface area contributed by atoms with Crippen molar-refractivity contribution in [3.63, 3.8) is 0 Å². The Labute approximate surface area is 182 Å². The lowest BCUT2D eigenvalue weighted by Gasteiger charge is -2.29. The summed E-state index contributed by atoms with van der Waals surface area (Å²) >= 11 is 0. The predicted molar refractivity (Wildman–Crippen MR) is 120 cm³/mol. The quantitative estimate of drug-likeness (QED) is 0.647. The molecule has 3 aromatic rings. The van der Waals surface area contributed by atoms with Gasteiger partial charge in [-0.15, -0.1) is 0 Å². The summed E-state index contributed by atoms with van der Waals surface area (Å²) in [6.45, 7) is 3.94. The van der Waals surface area contributed by atoms with E-state index in [0.717, 1.165) is 17.7 Å². The molecule has 1 aliphatic heterocycles. The van der Waals surface area contributed by atoms with Crippen molar-refractivity contribution in [1.82, 2.24) is 15.2 Å². The number of hydrogen-bond acceptors (Lipinski definition) is 4. The molecule has 0 bridgehead atoms. The number of fused-ring (bicyclic) bond motifs is 1. The van der Waals surface area contributed by atoms with Gasteiger partial charge in [-0.05, 0) is 53.4 Å². The first-order valence-electron chi connectivity index (χ1n) is 10.5. The molecule has 2 amide bonds. The third-order valence-corrected chi connectivity index (χ3v) is 5.34. The van der Waals surface area contributed by atoms with Gasteiger partial charge in [0.15, 0.2) is 0 Å². The van der Waals surface area contributed by atoms with E-state index in [1.54, 1.807) is 12.3 Å². The average molecular weight is 415 g/mol. The Morgan fingerprint density at radius 2 is 1.81 bits per heavy atom. The van der Waals surface area contributed by atoms with Crippen molar-refractivity contribution in [3.8, 4) is 0 Å². The number of pyridine rings is 1. The molecule has 4 rings (SSSR count). The van der Waals surface area contributed by atoms with Crippen LogP contribution in [0, 0.1) is 0 Å². The third kappa shape index (κ3) is 5.35. The minimum absolute atomic E-state index is 0.0207. The summed E-state index contributed by atoms with van der Waals surface area (Å²) in [5, 5.41) is 6.17.